The molecule has 0 bridgehead atoms. The summed E-state index contributed by atoms with van der Waals surface area (Å²) in [6.07, 6.45) is 0. The van der Waals surface area contributed by atoms with E-state index in [-0.39, 0.29) is 0 Å². The van der Waals surface area contributed by atoms with E-state index < -0.39 is 35.0 Å². The topological polar surface area (TPSA) is 64.6 Å². The first kappa shape index (κ1) is 20.6. The second kappa shape index (κ2) is 7.65. The van der Waals surface area contributed by atoms with Crippen molar-refractivity contribution < 1.29 is 29.7 Å². The van der Waals surface area contributed by atoms with Gasteiger partial charge in [0.1, 0.15) is 0 Å². The summed E-state index contributed by atoms with van der Waals surface area (Å²) in [6.45, 7) is 16.7. The Morgan fingerprint density at radius 2 is 0.818 bits per heavy atom. The Bertz CT molecular complexity index is 346. The molecule has 0 aromatic rings. The van der Waals surface area contributed by atoms with Gasteiger partial charge in [-0.05, 0) is 33.9 Å². The number of hydrogen-bond acceptors (Lipinski definition) is 7. The van der Waals surface area contributed by atoms with Gasteiger partial charge in [0.15, 0.2) is 0 Å². The lowest BCUT2D eigenvalue weighted by atomic mass is 10.9. The van der Waals surface area contributed by atoms with Crippen LogP contribution >= 0.6 is 0 Å². The molecule has 1 aliphatic rings. The lowest BCUT2D eigenvalue weighted by Crippen LogP contribution is -2.69. The Labute approximate surface area is 138 Å². The van der Waals surface area contributed by atoms with Crippen LogP contribution in [0.15, 0.2) is 0 Å². The second-order valence-corrected chi connectivity index (χ2v) is 17.8. The monoisotopic (exact) mass is 386 g/mol. The van der Waals surface area contributed by atoms with E-state index in [1.807, 2.05) is 53.5 Å². The van der Waals surface area contributed by atoms with E-state index in [2.05, 4.69) is 0 Å². The Morgan fingerprint density at radius 3 is 1.09 bits per heavy atom. The zero-order valence-corrected chi connectivity index (χ0v) is 19.0. The second-order valence-electron chi connectivity index (χ2n) is 5.69. The Morgan fingerprint density at radius 1 is 0.545 bits per heavy atom. The third-order valence-electron chi connectivity index (χ3n) is 2.82. The molecule has 2 unspecified atom stereocenters. The predicted molar refractivity (Wildman–Crippen MR) is 91.6 cm³/mol. The highest BCUT2D eigenvalue weighted by atomic mass is 28.5. The minimum atomic E-state index is -2.98. The third-order valence-corrected chi connectivity index (χ3v) is 18.1. The van der Waals surface area contributed by atoms with E-state index in [9.17, 15) is 0 Å². The molecular weight excluding hydrogens is 356 g/mol. The van der Waals surface area contributed by atoms with Crippen molar-refractivity contribution in [2.45, 2.75) is 53.5 Å². The summed E-state index contributed by atoms with van der Waals surface area (Å²) in [4.78, 5) is 0. The fourth-order valence-corrected chi connectivity index (χ4v) is 20.3. The van der Waals surface area contributed by atoms with Crippen molar-refractivity contribution in [2.75, 3.05) is 19.8 Å². The Balaban J connectivity index is 3.15. The van der Waals surface area contributed by atoms with Crippen LogP contribution in [0.4, 0.5) is 0 Å². The van der Waals surface area contributed by atoms with Gasteiger partial charge in [0.05, 0.1) is 0 Å². The van der Waals surface area contributed by atoms with Gasteiger partial charge < -0.3 is 29.7 Å². The highest BCUT2D eigenvalue weighted by Gasteiger charge is 2.59. The van der Waals surface area contributed by atoms with Gasteiger partial charge in [-0.15, -0.1) is 0 Å². The van der Waals surface area contributed by atoms with Crippen LogP contribution in [0.2, 0.25) is 32.7 Å². The fourth-order valence-electron chi connectivity index (χ4n) is 2.61. The van der Waals surface area contributed by atoms with Gasteiger partial charge in [-0.3, -0.25) is 0 Å². The quantitative estimate of drug-likeness (QED) is 0.650. The summed E-state index contributed by atoms with van der Waals surface area (Å²) in [5, 5.41) is 0. The van der Waals surface area contributed by atoms with Crippen molar-refractivity contribution in [1.29, 1.82) is 0 Å². The summed E-state index contributed by atoms with van der Waals surface area (Å²) in [5.74, 6) is 0. The molecule has 0 aliphatic carbocycles. The largest absolute Gasteiger partial charge is 0.482 e. The lowest BCUT2D eigenvalue weighted by Gasteiger charge is -2.46. The van der Waals surface area contributed by atoms with E-state index in [4.69, 9.17) is 29.7 Å². The van der Waals surface area contributed by atoms with Gasteiger partial charge in [0, 0.05) is 39.5 Å². The molecule has 0 aromatic heterocycles. The molecule has 1 heterocycles. The number of rotatable bonds is 6. The van der Waals surface area contributed by atoms with Crippen LogP contribution in [0, 0.1) is 0 Å². The van der Waals surface area contributed by atoms with E-state index in [1.54, 1.807) is 0 Å². The van der Waals surface area contributed by atoms with Crippen molar-refractivity contribution in [2.24, 2.45) is 0 Å². The zero-order chi connectivity index (χ0) is 17.1. The van der Waals surface area contributed by atoms with Crippen LogP contribution in [0.5, 0.6) is 0 Å². The lowest BCUT2D eigenvalue weighted by molar-refractivity contribution is 0.0552. The zero-order valence-electron chi connectivity index (χ0n) is 15.0. The maximum absolute atomic E-state index is 6.23. The molecule has 0 saturated carbocycles. The van der Waals surface area contributed by atoms with Gasteiger partial charge in [0.25, 0.3) is 0 Å². The van der Waals surface area contributed by atoms with Crippen molar-refractivity contribution in [1.82, 2.24) is 0 Å². The summed E-state index contributed by atoms with van der Waals surface area (Å²) in [6, 6.07) is 0. The van der Waals surface area contributed by atoms with E-state index in [0.29, 0.717) is 19.8 Å². The molecule has 0 amide bonds. The molecule has 0 spiro atoms. The first-order valence-electron chi connectivity index (χ1n) is 7.73. The van der Waals surface area contributed by atoms with Crippen LogP contribution < -0.4 is 0 Å². The Hall–Kier alpha value is 0.588. The van der Waals surface area contributed by atoms with Crippen molar-refractivity contribution in [3.05, 3.63) is 0 Å². The van der Waals surface area contributed by atoms with Crippen LogP contribution in [0.3, 0.4) is 0 Å². The SMILES string of the molecule is CCO[Si]1(C)O[Si](C)(C)O[Si](C)(OCC)O[Si](C)(OCC)O1. The fraction of sp³-hybridized carbons (Fsp3) is 1.00. The molecule has 1 saturated heterocycles. The molecule has 0 radical (unpaired) electrons. The molecule has 7 nitrogen and oxygen atoms in total. The molecule has 0 aromatic carbocycles. The van der Waals surface area contributed by atoms with Gasteiger partial charge in [-0.2, -0.15) is 0 Å². The van der Waals surface area contributed by atoms with Gasteiger partial charge in [0.2, 0.25) is 0 Å². The summed E-state index contributed by atoms with van der Waals surface area (Å²) in [7, 11) is -11.3. The van der Waals surface area contributed by atoms with Gasteiger partial charge >= 0.3 is 35.0 Å². The van der Waals surface area contributed by atoms with Crippen LogP contribution in [-0.4, -0.2) is 54.8 Å². The van der Waals surface area contributed by atoms with Crippen molar-refractivity contribution >= 4 is 35.0 Å². The normalized spacial score (nSPS) is 39.3. The average molecular weight is 387 g/mol. The van der Waals surface area contributed by atoms with E-state index in [0.717, 1.165) is 0 Å². The number of hydrogen-bond donors (Lipinski definition) is 0. The van der Waals surface area contributed by atoms with Crippen LogP contribution in [0.1, 0.15) is 20.8 Å². The standard InChI is InChI=1S/C11H30O7Si4/c1-9-12-20(6)15-19(4,5)16-21(7,13-10-2)18-22(8,17-20)14-11-3/h9-11H2,1-8H3. The molecule has 2 atom stereocenters. The highest BCUT2D eigenvalue weighted by molar-refractivity contribution is 6.89. The smallest absolute Gasteiger partial charge is 0.394 e. The predicted octanol–water partition coefficient (Wildman–Crippen LogP) is 2.58. The van der Waals surface area contributed by atoms with Crippen molar-refractivity contribution in [3.63, 3.8) is 0 Å². The highest BCUT2D eigenvalue weighted by Crippen LogP contribution is 2.32. The molecule has 0 N–H and O–H groups in total. The van der Waals surface area contributed by atoms with Crippen LogP contribution in [-0.2, 0) is 29.7 Å². The van der Waals surface area contributed by atoms with Crippen LogP contribution in [0.25, 0.3) is 0 Å². The maximum Gasteiger partial charge on any atom is 0.482 e. The first-order valence-corrected chi connectivity index (χ1v) is 17.2. The Kier molecular flexibility index (Phi) is 7.17. The molecule has 22 heavy (non-hydrogen) atoms. The van der Waals surface area contributed by atoms with Gasteiger partial charge in [-0.1, -0.05) is 0 Å². The van der Waals surface area contributed by atoms with E-state index in [1.165, 1.54) is 0 Å². The van der Waals surface area contributed by atoms with E-state index >= 15 is 0 Å². The molecule has 132 valence electrons. The van der Waals surface area contributed by atoms with Gasteiger partial charge in [-0.25, -0.2) is 0 Å². The molecular formula is C11H30O7Si4. The molecule has 1 fully saturated rings. The molecule has 1 rings (SSSR count). The summed E-state index contributed by atoms with van der Waals surface area (Å²) < 4.78 is 42.3. The average Bonchev–Trinajstić information content (AvgIpc) is 2.23. The first-order chi connectivity index (χ1) is 10.0. The van der Waals surface area contributed by atoms with Crippen molar-refractivity contribution in [3.8, 4) is 0 Å². The minimum Gasteiger partial charge on any atom is -0.394 e. The summed E-state index contributed by atoms with van der Waals surface area (Å²) in [5.41, 5.74) is 0. The summed E-state index contributed by atoms with van der Waals surface area (Å²) >= 11 is 0. The minimum absolute atomic E-state index is 0.483. The molecule has 1 aliphatic heterocycles. The maximum atomic E-state index is 6.23. The third kappa shape index (κ3) is 5.90. The molecule has 11 heteroatoms.